The maximum atomic E-state index is 11.3. The van der Waals surface area contributed by atoms with Crippen LogP contribution in [0.5, 0.6) is 0 Å². The lowest BCUT2D eigenvalue weighted by Gasteiger charge is -2.42. The van der Waals surface area contributed by atoms with Crippen molar-refractivity contribution in [2.24, 2.45) is 0 Å². The number of aliphatic hydroxyl groups is 3. The Balaban J connectivity index is 2.10. The first kappa shape index (κ1) is 16.9. The molecule has 4 N–H and O–H groups in total. The van der Waals surface area contributed by atoms with Crippen LogP contribution < -0.4 is 5.32 Å². The van der Waals surface area contributed by atoms with Crippen LogP contribution in [0.4, 0.5) is 0 Å². The van der Waals surface area contributed by atoms with Gasteiger partial charge in [-0.1, -0.05) is 30.3 Å². The van der Waals surface area contributed by atoms with Crippen LogP contribution in [-0.4, -0.2) is 58.5 Å². The monoisotopic (exact) mass is 311 g/mol. The largest absolute Gasteiger partial charge is 0.394 e. The maximum Gasteiger partial charge on any atom is 0.217 e. The first-order chi connectivity index (χ1) is 10.5. The average molecular weight is 311 g/mol. The van der Waals surface area contributed by atoms with E-state index in [1.807, 2.05) is 30.3 Å². The molecular formula is C15H21NO6. The van der Waals surface area contributed by atoms with E-state index in [1.54, 1.807) is 0 Å². The number of hydrogen-bond donors (Lipinski definition) is 4. The summed E-state index contributed by atoms with van der Waals surface area (Å²) < 4.78 is 10.8. The van der Waals surface area contributed by atoms with E-state index in [2.05, 4.69) is 5.32 Å². The Morgan fingerprint density at radius 2 is 2.00 bits per heavy atom. The Morgan fingerprint density at radius 3 is 2.59 bits per heavy atom. The Labute approximate surface area is 128 Å². The minimum Gasteiger partial charge on any atom is -0.394 e. The molecule has 122 valence electrons. The van der Waals surface area contributed by atoms with Crippen LogP contribution >= 0.6 is 0 Å². The molecule has 0 saturated carbocycles. The summed E-state index contributed by atoms with van der Waals surface area (Å²) in [6, 6.07) is 8.39. The Bertz CT molecular complexity index is 482. The van der Waals surface area contributed by atoms with Crippen molar-refractivity contribution in [1.29, 1.82) is 0 Å². The second-order valence-electron chi connectivity index (χ2n) is 5.23. The zero-order valence-electron chi connectivity index (χ0n) is 12.3. The molecule has 0 unspecified atom stereocenters. The third kappa shape index (κ3) is 4.02. The topological polar surface area (TPSA) is 108 Å². The highest BCUT2D eigenvalue weighted by molar-refractivity contribution is 5.73. The molecule has 1 fully saturated rings. The molecule has 7 nitrogen and oxygen atoms in total. The summed E-state index contributed by atoms with van der Waals surface area (Å²) in [6.07, 6.45) is -4.41. The number of amides is 1. The minimum absolute atomic E-state index is 0.198. The standard InChI is InChI=1S/C15H21NO6/c1-9(18)16-12-14(13(19)11(7-17)22-15(12)20)21-8-10-5-3-2-4-6-10/h2-6,11-15,17,19-20H,7-8H2,1H3,(H,16,18)/t11-,12-,13+,14-,15-/m0/s1. The summed E-state index contributed by atoms with van der Waals surface area (Å²) in [4.78, 5) is 11.3. The smallest absolute Gasteiger partial charge is 0.217 e. The molecule has 1 saturated heterocycles. The molecule has 0 bridgehead atoms. The Morgan fingerprint density at radius 1 is 1.32 bits per heavy atom. The SMILES string of the molecule is CC(=O)N[C@H]1[C@H](OCc2ccccc2)[C@H](O)[C@H](CO)O[C@@H]1O. The molecule has 0 aromatic heterocycles. The summed E-state index contributed by atoms with van der Waals surface area (Å²) in [5.74, 6) is -0.379. The van der Waals surface area contributed by atoms with Crippen LogP contribution in [0.15, 0.2) is 30.3 Å². The lowest BCUT2D eigenvalue weighted by Crippen LogP contribution is -2.64. The summed E-state index contributed by atoms with van der Waals surface area (Å²) in [5.41, 5.74) is 0.887. The molecule has 0 aliphatic carbocycles. The summed E-state index contributed by atoms with van der Waals surface area (Å²) in [7, 11) is 0. The Kier molecular flexibility index (Phi) is 5.87. The van der Waals surface area contributed by atoms with Gasteiger partial charge in [-0.25, -0.2) is 0 Å². The highest BCUT2D eigenvalue weighted by atomic mass is 16.6. The zero-order chi connectivity index (χ0) is 16.1. The van der Waals surface area contributed by atoms with Crippen molar-refractivity contribution in [3.05, 3.63) is 35.9 Å². The van der Waals surface area contributed by atoms with Crippen LogP contribution in [0.2, 0.25) is 0 Å². The van der Waals surface area contributed by atoms with Crippen LogP contribution in [0.25, 0.3) is 0 Å². The van der Waals surface area contributed by atoms with Crippen molar-refractivity contribution >= 4 is 5.91 Å². The van der Waals surface area contributed by atoms with Crippen LogP contribution in [-0.2, 0) is 20.9 Å². The molecule has 1 aliphatic heterocycles. The van der Waals surface area contributed by atoms with Gasteiger partial charge in [0, 0.05) is 6.92 Å². The minimum atomic E-state index is -1.37. The normalized spacial score (nSPS) is 31.7. The van der Waals surface area contributed by atoms with Crippen LogP contribution in [0.1, 0.15) is 12.5 Å². The van der Waals surface area contributed by atoms with Crippen LogP contribution in [0, 0.1) is 0 Å². The van der Waals surface area contributed by atoms with E-state index in [0.717, 1.165) is 5.56 Å². The van der Waals surface area contributed by atoms with Gasteiger partial charge >= 0.3 is 0 Å². The van der Waals surface area contributed by atoms with Gasteiger partial charge in [-0.05, 0) is 5.56 Å². The van der Waals surface area contributed by atoms with Crippen molar-refractivity contribution in [3.8, 4) is 0 Å². The number of nitrogens with one attached hydrogen (secondary N) is 1. The second-order valence-corrected chi connectivity index (χ2v) is 5.23. The highest BCUT2D eigenvalue weighted by Gasteiger charge is 2.45. The van der Waals surface area contributed by atoms with Gasteiger partial charge in [0.1, 0.15) is 24.4 Å². The molecule has 22 heavy (non-hydrogen) atoms. The molecule has 7 heteroatoms. The van der Waals surface area contributed by atoms with E-state index in [0.29, 0.717) is 0 Å². The number of ether oxygens (including phenoxy) is 2. The molecular weight excluding hydrogens is 290 g/mol. The second kappa shape index (κ2) is 7.66. The average Bonchev–Trinajstić information content (AvgIpc) is 2.50. The molecule has 1 amide bonds. The number of aliphatic hydroxyl groups excluding tert-OH is 3. The predicted octanol–water partition coefficient (Wildman–Crippen LogP) is -0.853. The number of benzene rings is 1. The summed E-state index contributed by atoms with van der Waals surface area (Å²) >= 11 is 0. The fraction of sp³-hybridized carbons (Fsp3) is 0.533. The molecule has 2 rings (SSSR count). The van der Waals surface area contributed by atoms with Gasteiger partial charge in [-0.2, -0.15) is 0 Å². The fourth-order valence-electron chi connectivity index (χ4n) is 2.44. The number of hydrogen-bond acceptors (Lipinski definition) is 6. The molecule has 5 atom stereocenters. The number of carbonyl (C=O) groups is 1. The summed E-state index contributed by atoms with van der Waals surface area (Å²) in [6.45, 7) is 1.03. The van der Waals surface area contributed by atoms with Gasteiger partial charge in [0.15, 0.2) is 6.29 Å². The van der Waals surface area contributed by atoms with Crippen molar-refractivity contribution in [3.63, 3.8) is 0 Å². The quantitative estimate of drug-likeness (QED) is 0.564. The molecule has 1 aromatic carbocycles. The maximum absolute atomic E-state index is 11.3. The zero-order valence-corrected chi connectivity index (χ0v) is 12.3. The van der Waals surface area contributed by atoms with Crippen molar-refractivity contribution < 1.29 is 29.6 Å². The van der Waals surface area contributed by atoms with E-state index in [9.17, 15) is 20.1 Å². The van der Waals surface area contributed by atoms with Gasteiger partial charge < -0.3 is 30.1 Å². The number of rotatable bonds is 5. The van der Waals surface area contributed by atoms with Crippen molar-refractivity contribution in [2.45, 2.75) is 44.2 Å². The highest BCUT2D eigenvalue weighted by Crippen LogP contribution is 2.23. The molecule has 0 radical (unpaired) electrons. The van der Waals surface area contributed by atoms with Gasteiger partial charge in [-0.15, -0.1) is 0 Å². The molecule has 1 heterocycles. The van der Waals surface area contributed by atoms with Gasteiger partial charge in [-0.3, -0.25) is 4.79 Å². The van der Waals surface area contributed by atoms with Crippen molar-refractivity contribution in [2.75, 3.05) is 6.61 Å². The molecule has 0 spiro atoms. The number of carbonyl (C=O) groups excluding carboxylic acids is 1. The first-order valence-electron chi connectivity index (χ1n) is 7.08. The molecule has 1 aliphatic rings. The van der Waals surface area contributed by atoms with E-state index in [1.165, 1.54) is 6.92 Å². The molecule has 1 aromatic rings. The summed E-state index contributed by atoms with van der Waals surface area (Å²) in [5, 5.41) is 31.9. The van der Waals surface area contributed by atoms with E-state index in [4.69, 9.17) is 9.47 Å². The third-order valence-corrected chi connectivity index (χ3v) is 3.53. The first-order valence-corrected chi connectivity index (χ1v) is 7.08. The third-order valence-electron chi connectivity index (χ3n) is 3.53. The fourth-order valence-corrected chi connectivity index (χ4v) is 2.44. The van der Waals surface area contributed by atoms with E-state index in [-0.39, 0.29) is 12.5 Å². The lowest BCUT2D eigenvalue weighted by atomic mass is 9.96. The van der Waals surface area contributed by atoms with E-state index < -0.39 is 37.3 Å². The van der Waals surface area contributed by atoms with E-state index >= 15 is 0 Å². The van der Waals surface area contributed by atoms with Gasteiger partial charge in [0.05, 0.1) is 13.2 Å². The predicted molar refractivity (Wildman–Crippen MR) is 76.6 cm³/mol. The van der Waals surface area contributed by atoms with Crippen molar-refractivity contribution in [1.82, 2.24) is 5.32 Å². The Hall–Kier alpha value is -1.51. The lowest BCUT2D eigenvalue weighted by molar-refractivity contribution is -0.263. The van der Waals surface area contributed by atoms with Gasteiger partial charge in [0.2, 0.25) is 5.91 Å². The van der Waals surface area contributed by atoms with Crippen LogP contribution in [0.3, 0.4) is 0 Å². The van der Waals surface area contributed by atoms with Gasteiger partial charge in [0.25, 0.3) is 0 Å².